The lowest BCUT2D eigenvalue weighted by Crippen LogP contribution is -1.79. The molecule has 0 aliphatic rings. The Bertz CT molecular complexity index is 317. The molecule has 3 nitrogen and oxygen atoms in total. The molecule has 0 bridgehead atoms. The first kappa shape index (κ1) is 6.42. The second-order valence-corrected chi connectivity index (χ2v) is 2.80. The fraction of sp³-hybridized carbons (Fsp3) is 0. The van der Waals surface area contributed by atoms with Crippen molar-refractivity contribution < 1.29 is 0 Å². The van der Waals surface area contributed by atoms with Crippen LogP contribution < -0.4 is 0 Å². The van der Waals surface area contributed by atoms with Gasteiger partial charge in [-0.15, -0.1) is 11.3 Å². The Labute approximate surface area is 67.8 Å². The summed E-state index contributed by atoms with van der Waals surface area (Å²) in [6.45, 7) is 0. The van der Waals surface area contributed by atoms with Crippen LogP contribution in [-0.2, 0) is 0 Å². The predicted octanol–water partition coefficient (Wildman–Crippen LogP) is 1.40. The molecule has 0 spiro atoms. The van der Waals surface area contributed by atoms with Gasteiger partial charge < -0.3 is 0 Å². The molecule has 2 aromatic rings. The van der Waals surface area contributed by atoms with E-state index >= 15 is 0 Å². The smallest absolute Gasteiger partial charge is 0.197 e. The summed E-state index contributed by atoms with van der Waals surface area (Å²) in [4.78, 5) is 11.7. The summed E-state index contributed by atoms with van der Waals surface area (Å²) in [5.74, 6) is 0. The molecule has 0 unspecified atom stereocenters. The van der Waals surface area contributed by atoms with Gasteiger partial charge in [-0.25, -0.2) is 15.0 Å². The van der Waals surface area contributed by atoms with Crippen molar-refractivity contribution in [2.45, 2.75) is 0 Å². The van der Waals surface area contributed by atoms with Gasteiger partial charge in [0.2, 0.25) is 0 Å². The van der Waals surface area contributed by atoms with E-state index in [2.05, 4.69) is 21.3 Å². The Kier molecular flexibility index (Phi) is 1.61. The summed E-state index contributed by atoms with van der Waals surface area (Å²) in [5, 5.41) is 2.87. The van der Waals surface area contributed by atoms with Crippen LogP contribution in [0.4, 0.5) is 0 Å². The highest BCUT2D eigenvalue weighted by molar-refractivity contribution is 7.13. The molecule has 11 heavy (non-hydrogen) atoms. The maximum atomic E-state index is 4.11. The maximum absolute atomic E-state index is 4.11. The van der Waals surface area contributed by atoms with Crippen LogP contribution in [0.3, 0.4) is 0 Å². The standard InChI is InChI=1S/C7H4N3S/c1-2-11-7(10-1)6-3-8-5-9-4-6/h1-4H. The van der Waals surface area contributed by atoms with Crippen LogP contribution in [0.25, 0.3) is 10.6 Å². The summed E-state index contributed by atoms with van der Waals surface area (Å²) < 4.78 is 0. The Balaban J connectivity index is 2.46. The van der Waals surface area contributed by atoms with E-state index in [0.29, 0.717) is 0 Å². The number of nitrogens with zero attached hydrogens (tertiary/aromatic N) is 3. The highest BCUT2D eigenvalue weighted by Crippen LogP contribution is 2.18. The van der Waals surface area contributed by atoms with E-state index < -0.39 is 0 Å². The molecule has 2 heterocycles. The van der Waals surface area contributed by atoms with E-state index in [-0.39, 0.29) is 0 Å². The molecule has 0 aromatic carbocycles. The van der Waals surface area contributed by atoms with Crippen LogP contribution in [0, 0.1) is 6.33 Å². The van der Waals surface area contributed by atoms with E-state index in [0.717, 1.165) is 10.6 Å². The summed E-state index contributed by atoms with van der Waals surface area (Å²) in [6, 6.07) is 0. The molecule has 0 aliphatic carbocycles. The average Bonchev–Trinajstić information content (AvgIpc) is 2.58. The normalized spacial score (nSPS) is 9.82. The summed E-state index contributed by atoms with van der Waals surface area (Å²) >= 11 is 1.57. The van der Waals surface area contributed by atoms with Crippen molar-refractivity contribution in [2.75, 3.05) is 0 Å². The van der Waals surface area contributed by atoms with Crippen LogP contribution >= 0.6 is 11.3 Å². The average molecular weight is 162 g/mol. The van der Waals surface area contributed by atoms with Crippen molar-refractivity contribution >= 4 is 11.3 Å². The van der Waals surface area contributed by atoms with Crippen LogP contribution in [0.2, 0.25) is 0 Å². The van der Waals surface area contributed by atoms with Crippen LogP contribution in [0.5, 0.6) is 0 Å². The molecule has 1 radical (unpaired) electrons. The molecule has 0 saturated heterocycles. The minimum absolute atomic E-state index is 0.943. The van der Waals surface area contributed by atoms with Gasteiger partial charge in [-0.2, -0.15) is 0 Å². The second-order valence-electron chi connectivity index (χ2n) is 1.91. The fourth-order valence-corrected chi connectivity index (χ4v) is 1.35. The summed E-state index contributed by atoms with van der Waals surface area (Å²) in [7, 11) is 0. The van der Waals surface area contributed by atoms with Crippen molar-refractivity contribution in [1.29, 1.82) is 0 Å². The second kappa shape index (κ2) is 2.75. The van der Waals surface area contributed by atoms with Crippen molar-refractivity contribution in [2.24, 2.45) is 0 Å². The fourth-order valence-electron chi connectivity index (χ4n) is 0.740. The van der Waals surface area contributed by atoms with Gasteiger partial charge in [0, 0.05) is 29.5 Å². The largest absolute Gasteiger partial charge is 0.244 e. The van der Waals surface area contributed by atoms with Crippen LogP contribution in [0.1, 0.15) is 0 Å². The van der Waals surface area contributed by atoms with Crippen LogP contribution in [-0.4, -0.2) is 15.0 Å². The van der Waals surface area contributed by atoms with Crippen LogP contribution in [0.15, 0.2) is 24.0 Å². The van der Waals surface area contributed by atoms with E-state index in [4.69, 9.17) is 0 Å². The van der Waals surface area contributed by atoms with E-state index in [1.165, 1.54) is 0 Å². The van der Waals surface area contributed by atoms with E-state index in [1.54, 1.807) is 29.9 Å². The Morgan fingerprint density at radius 2 is 2.09 bits per heavy atom. The number of hydrogen-bond donors (Lipinski definition) is 0. The molecule has 0 fully saturated rings. The zero-order chi connectivity index (χ0) is 7.52. The minimum atomic E-state index is 0.943. The quantitative estimate of drug-likeness (QED) is 0.636. The minimum Gasteiger partial charge on any atom is -0.244 e. The SMILES string of the molecule is [c]1ncc(-c2nccs2)cn1. The number of aromatic nitrogens is 3. The maximum Gasteiger partial charge on any atom is 0.197 e. The van der Waals surface area contributed by atoms with Gasteiger partial charge in [0.15, 0.2) is 6.33 Å². The first-order valence-corrected chi connectivity index (χ1v) is 3.93. The van der Waals surface area contributed by atoms with Gasteiger partial charge in [0.25, 0.3) is 0 Å². The Morgan fingerprint density at radius 1 is 1.27 bits per heavy atom. The Hall–Kier alpha value is -1.29. The molecule has 2 rings (SSSR count). The number of rotatable bonds is 1. The number of hydrogen-bond acceptors (Lipinski definition) is 4. The molecule has 4 heteroatoms. The topological polar surface area (TPSA) is 38.7 Å². The monoisotopic (exact) mass is 162 g/mol. The third kappa shape index (κ3) is 1.25. The van der Waals surface area contributed by atoms with E-state index in [1.807, 2.05) is 5.38 Å². The first-order valence-electron chi connectivity index (χ1n) is 3.05. The molecular weight excluding hydrogens is 158 g/mol. The summed E-state index contributed by atoms with van der Waals surface area (Å²) in [5.41, 5.74) is 0.943. The van der Waals surface area contributed by atoms with Crippen molar-refractivity contribution in [3.8, 4) is 10.6 Å². The summed E-state index contributed by atoms with van der Waals surface area (Å²) in [6.07, 6.45) is 7.63. The van der Waals surface area contributed by atoms with Gasteiger partial charge in [-0.3, -0.25) is 0 Å². The van der Waals surface area contributed by atoms with Gasteiger partial charge in [-0.1, -0.05) is 0 Å². The molecule has 53 valence electrons. The molecule has 0 saturated carbocycles. The lowest BCUT2D eigenvalue weighted by molar-refractivity contribution is 1.15. The van der Waals surface area contributed by atoms with Crippen molar-refractivity contribution in [3.63, 3.8) is 0 Å². The lowest BCUT2D eigenvalue weighted by atomic mass is 10.4. The third-order valence-electron chi connectivity index (χ3n) is 1.20. The molecule has 0 amide bonds. The zero-order valence-electron chi connectivity index (χ0n) is 5.56. The molecular formula is C7H4N3S. The lowest BCUT2D eigenvalue weighted by Gasteiger charge is -1.89. The van der Waals surface area contributed by atoms with Gasteiger partial charge in [0.1, 0.15) is 5.01 Å². The third-order valence-corrected chi connectivity index (χ3v) is 2.02. The van der Waals surface area contributed by atoms with Gasteiger partial charge in [0.05, 0.1) is 0 Å². The highest BCUT2D eigenvalue weighted by Gasteiger charge is 1.97. The Morgan fingerprint density at radius 3 is 2.73 bits per heavy atom. The van der Waals surface area contributed by atoms with Crippen molar-refractivity contribution in [1.82, 2.24) is 15.0 Å². The molecule has 0 N–H and O–H groups in total. The number of thiazole rings is 1. The first-order chi connectivity index (χ1) is 5.47. The molecule has 2 aromatic heterocycles. The van der Waals surface area contributed by atoms with Gasteiger partial charge in [-0.05, 0) is 0 Å². The molecule has 0 atom stereocenters. The highest BCUT2D eigenvalue weighted by atomic mass is 32.1. The predicted molar refractivity (Wildman–Crippen MR) is 42.0 cm³/mol. The van der Waals surface area contributed by atoms with Gasteiger partial charge >= 0.3 is 0 Å². The zero-order valence-corrected chi connectivity index (χ0v) is 6.38. The van der Waals surface area contributed by atoms with Crippen molar-refractivity contribution in [3.05, 3.63) is 30.3 Å². The van der Waals surface area contributed by atoms with E-state index in [9.17, 15) is 0 Å². The molecule has 0 aliphatic heterocycles.